The number of anilines is 1. The largest absolute Gasteiger partial charge is 0.458 e. The van der Waals surface area contributed by atoms with Crippen LogP contribution in [0, 0.1) is 42.4 Å². The smallest absolute Gasteiger partial charge is 0.342 e. The van der Waals surface area contributed by atoms with E-state index in [-0.39, 0.29) is 64.6 Å². The van der Waals surface area contributed by atoms with Gasteiger partial charge in [0.15, 0.2) is 0 Å². The number of H-pyrrole nitrogens is 1. The van der Waals surface area contributed by atoms with Crippen molar-refractivity contribution in [3.63, 3.8) is 0 Å². The quantitative estimate of drug-likeness (QED) is 0.159. The number of ether oxygens (including phenoxy) is 2. The fourth-order valence-corrected chi connectivity index (χ4v) is 8.22. The molecule has 0 radical (unpaired) electrons. The van der Waals surface area contributed by atoms with Gasteiger partial charge >= 0.3 is 18.0 Å². The average Bonchev–Trinajstić information content (AvgIpc) is 3.46. The van der Waals surface area contributed by atoms with Crippen LogP contribution in [0.5, 0.6) is 0 Å². The van der Waals surface area contributed by atoms with Crippen LogP contribution in [0.2, 0.25) is 0 Å². The van der Waals surface area contributed by atoms with E-state index in [2.05, 4.69) is 62.5 Å². The molecule has 1 aromatic rings. The Kier molecular flexibility index (Phi) is 12.5. The van der Waals surface area contributed by atoms with Gasteiger partial charge in [0.25, 0.3) is 0 Å². The van der Waals surface area contributed by atoms with E-state index >= 15 is 0 Å². The predicted octanol–water partition coefficient (Wildman–Crippen LogP) is 7.29. The van der Waals surface area contributed by atoms with E-state index in [4.69, 9.17) is 14.5 Å². The van der Waals surface area contributed by atoms with Crippen LogP contribution >= 0.6 is 0 Å². The zero-order valence-electron chi connectivity index (χ0n) is 31.0. The molecule has 0 saturated heterocycles. The molecular weight excluding hydrogens is 622 g/mol. The molecule has 11 heteroatoms. The number of amidine groups is 1. The standard InChI is InChI=1S/C38H57N5O6/c1-11-12-13-39-38(47)43-35-31(37(46)49-33-23(6)16-20(3)17-24(33)7)26(9)29(42-35)18-28-25(8)30(34(41-28)40-27(10)44)36(45)48-32-21(4)14-19(2)15-22(32)5/h18-24,32-33,41H,11-17H2,1-10H3,(H,40,44)(H2,39,42,43,47)/b29-18-. The summed E-state index contributed by atoms with van der Waals surface area (Å²) in [6, 6.07) is -0.464. The summed E-state index contributed by atoms with van der Waals surface area (Å²) in [5.41, 5.74) is 2.45. The van der Waals surface area contributed by atoms with Crippen LogP contribution in [-0.4, -0.2) is 53.4 Å². The lowest BCUT2D eigenvalue weighted by atomic mass is 9.75. The molecule has 2 heterocycles. The maximum atomic E-state index is 13.9. The summed E-state index contributed by atoms with van der Waals surface area (Å²) in [6.45, 7) is 20.3. The Bertz CT molecular complexity index is 1500. The Labute approximate surface area is 291 Å². The molecule has 2 fully saturated rings. The topological polar surface area (TPSA) is 151 Å². The number of aromatic nitrogens is 1. The van der Waals surface area contributed by atoms with Gasteiger partial charge in [-0.05, 0) is 98.7 Å². The van der Waals surface area contributed by atoms with Crippen LogP contribution in [0.3, 0.4) is 0 Å². The maximum Gasteiger partial charge on any atom is 0.342 e. The number of hydrogen-bond acceptors (Lipinski definition) is 7. The number of amides is 3. The highest BCUT2D eigenvalue weighted by Gasteiger charge is 2.38. The summed E-state index contributed by atoms with van der Waals surface area (Å²) in [7, 11) is 0. The molecule has 270 valence electrons. The van der Waals surface area contributed by atoms with Gasteiger partial charge in [0.1, 0.15) is 35.0 Å². The third-order valence-electron chi connectivity index (χ3n) is 10.4. The molecule has 4 N–H and O–H groups in total. The molecule has 4 atom stereocenters. The first-order chi connectivity index (χ1) is 23.1. The molecule has 1 aromatic heterocycles. The van der Waals surface area contributed by atoms with Crippen LogP contribution in [-0.2, 0) is 19.1 Å². The molecule has 1 aliphatic heterocycles. The first-order valence-corrected chi connectivity index (χ1v) is 18.1. The van der Waals surface area contributed by atoms with Crippen molar-refractivity contribution < 1.29 is 28.7 Å². The number of unbranched alkanes of at least 4 members (excludes halogenated alkanes) is 1. The number of aromatic amines is 1. The van der Waals surface area contributed by atoms with Crippen LogP contribution in [0.25, 0.3) is 6.08 Å². The van der Waals surface area contributed by atoms with Gasteiger partial charge in [0.2, 0.25) is 5.91 Å². The van der Waals surface area contributed by atoms with Gasteiger partial charge in [-0.1, -0.05) is 54.9 Å². The normalized spacial score (nSPS) is 29.3. The lowest BCUT2D eigenvalue weighted by Crippen LogP contribution is -2.43. The second kappa shape index (κ2) is 16.2. The highest BCUT2D eigenvalue weighted by Crippen LogP contribution is 2.38. The summed E-state index contributed by atoms with van der Waals surface area (Å²) < 4.78 is 12.3. The molecule has 2 saturated carbocycles. The van der Waals surface area contributed by atoms with Gasteiger partial charge < -0.3 is 25.1 Å². The third kappa shape index (κ3) is 9.02. The molecule has 0 aromatic carbocycles. The van der Waals surface area contributed by atoms with Crippen LogP contribution in [0.15, 0.2) is 21.8 Å². The minimum atomic E-state index is -0.539. The van der Waals surface area contributed by atoms with Gasteiger partial charge in [-0.3, -0.25) is 10.1 Å². The second-order valence-electron chi connectivity index (χ2n) is 15.1. The lowest BCUT2D eigenvalue weighted by molar-refractivity contribution is -0.152. The highest BCUT2D eigenvalue weighted by atomic mass is 16.5. The Morgan fingerprint density at radius 3 is 1.88 bits per heavy atom. The number of hydrogen-bond donors (Lipinski definition) is 4. The van der Waals surface area contributed by atoms with Gasteiger partial charge in [-0.25, -0.2) is 19.4 Å². The van der Waals surface area contributed by atoms with E-state index < -0.39 is 18.0 Å². The summed E-state index contributed by atoms with van der Waals surface area (Å²) in [5, 5.41) is 8.34. The second-order valence-corrected chi connectivity index (χ2v) is 15.1. The Morgan fingerprint density at radius 1 is 0.837 bits per heavy atom. The van der Waals surface area contributed by atoms with Crippen molar-refractivity contribution in [1.82, 2.24) is 15.6 Å². The van der Waals surface area contributed by atoms with E-state index in [1.807, 2.05) is 6.92 Å². The number of urea groups is 1. The molecule has 0 bridgehead atoms. The molecule has 2 aliphatic carbocycles. The van der Waals surface area contributed by atoms with Crippen molar-refractivity contribution in [1.29, 1.82) is 0 Å². The molecule has 49 heavy (non-hydrogen) atoms. The molecule has 4 unspecified atom stereocenters. The van der Waals surface area contributed by atoms with E-state index in [0.29, 0.717) is 40.9 Å². The number of carbonyl (C=O) groups is 4. The average molecular weight is 680 g/mol. The van der Waals surface area contributed by atoms with E-state index in [1.54, 1.807) is 19.9 Å². The number of rotatable bonds is 9. The summed E-state index contributed by atoms with van der Waals surface area (Å²) >= 11 is 0. The third-order valence-corrected chi connectivity index (χ3v) is 10.4. The zero-order chi connectivity index (χ0) is 36.2. The van der Waals surface area contributed by atoms with Crippen molar-refractivity contribution in [3.8, 4) is 0 Å². The molecular formula is C38H57N5O6. The lowest BCUT2D eigenvalue weighted by Gasteiger charge is -2.37. The molecule has 3 aliphatic rings. The Hall–Kier alpha value is -3.89. The maximum absolute atomic E-state index is 13.9. The zero-order valence-corrected chi connectivity index (χ0v) is 31.0. The van der Waals surface area contributed by atoms with E-state index in [0.717, 1.165) is 38.5 Å². The number of esters is 2. The first kappa shape index (κ1) is 37.9. The minimum Gasteiger partial charge on any atom is -0.458 e. The molecule has 3 amide bonds. The number of carbonyl (C=O) groups excluding carboxylic acids is 4. The Morgan fingerprint density at radius 2 is 1.37 bits per heavy atom. The Balaban J connectivity index is 1.70. The van der Waals surface area contributed by atoms with Crippen molar-refractivity contribution in [3.05, 3.63) is 33.7 Å². The monoisotopic (exact) mass is 679 g/mol. The van der Waals surface area contributed by atoms with Crippen LogP contribution in [0.1, 0.15) is 122 Å². The number of aliphatic imine (C=N–C) groups is 1. The SMILES string of the molecule is CCCCNC(=O)NC1=N/C(=C\c2[nH]c(NC(C)=O)c(C(=O)OC3C(C)CC(C)CC3C)c2C)C(C)=C1C(=O)OC1C(C)CC(C)CC1C. The van der Waals surface area contributed by atoms with Crippen molar-refractivity contribution in [2.45, 2.75) is 120 Å². The van der Waals surface area contributed by atoms with Crippen LogP contribution < -0.4 is 16.0 Å². The summed E-state index contributed by atoms with van der Waals surface area (Å²) in [4.78, 5) is 60.5. The molecule has 4 rings (SSSR count). The van der Waals surface area contributed by atoms with E-state index in [9.17, 15) is 19.2 Å². The van der Waals surface area contributed by atoms with Crippen molar-refractivity contribution in [2.24, 2.45) is 40.5 Å². The van der Waals surface area contributed by atoms with Gasteiger partial charge in [0.05, 0.1) is 5.70 Å². The fourth-order valence-electron chi connectivity index (χ4n) is 8.22. The summed E-state index contributed by atoms with van der Waals surface area (Å²) in [6.07, 6.45) is 6.84. The number of allylic oxidation sites excluding steroid dienone is 1. The first-order valence-electron chi connectivity index (χ1n) is 18.1. The van der Waals surface area contributed by atoms with Gasteiger partial charge in [-0.2, -0.15) is 0 Å². The predicted molar refractivity (Wildman–Crippen MR) is 192 cm³/mol. The van der Waals surface area contributed by atoms with Crippen LogP contribution in [0.4, 0.5) is 10.6 Å². The fraction of sp³-hybridized carbons (Fsp3) is 0.658. The number of nitrogens with one attached hydrogen (secondary N) is 4. The number of nitrogens with zero attached hydrogens (tertiary/aromatic N) is 1. The molecule has 0 spiro atoms. The molecule has 11 nitrogen and oxygen atoms in total. The van der Waals surface area contributed by atoms with Gasteiger partial charge in [0, 0.05) is 19.2 Å². The minimum absolute atomic E-state index is 0.104. The van der Waals surface area contributed by atoms with Crippen molar-refractivity contribution in [2.75, 3.05) is 11.9 Å². The summed E-state index contributed by atoms with van der Waals surface area (Å²) in [5.74, 6) is 0.868. The van der Waals surface area contributed by atoms with Gasteiger partial charge in [-0.15, -0.1) is 0 Å². The van der Waals surface area contributed by atoms with Crippen molar-refractivity contribution >= 4 is 41.6 Å². The van der Waals surface area contributed by atoms with E-state index in [1.165, 1.54) is 6.92 Å². The highest BCUT2D eigenvalue weighted by molar-refractivity contribution is 6.25.